The van der Waals surface area contributed by atoms with Gasteiger partial charge in [0.1, 0.15) is 0 Å². The molecule has 1 heterocycles. The molecule has 1 aromatic rings. The second-order valence-corrected chi connectivity index (χ2v) is 2.38. The summed E-state index contributed by atoms with van der Waals surface area (Å²) in [6.45, 7) is 0. The third-order valence-electron chi connectivity index (χ3n) is 1.34. The van der Waals surface area contributed by atoms with Gasteiger partial charge in [-0.1, -0.05) is 0 Å². The van der Waals surface area contributed by atoms with Gasteiger partial charge in [0, 0.05) is 12.3 Å². The molecule has 0 amide bonds. The fourth-order valence-corrected chi connectivity index (χ4v) is 0.675. The van der Waals surface area contributed by atoms with E-state index in [1.54, 1.807) is 0 Å². The number of aromatic nitrogens is 2. The van der Waals surface area contributed by atoms with Crippen LogP contribution in [-0.4, -0.2) is 27.3 Å². The topological polar surface area (TPSA) is 66.0 Å². The molecule has 14 heavy (non-hydrogen) atoms. The van der Waals surface area contributed by atoms with E-state index in [-0.39, 0.29) is 11.6 Å². The van der Waals surface area contributed by atoms with E-state index in [2.05, 4.69) is 10.2 Å². The predicted molar refractivity (Wildman–Crippen MR) is 39.7 cm³/mol. The molecule has 0 saturated carbocycles. The molecule has 1 rings (SSSR count). The first kappa shape index (κ1) is 10.3. The Hall–Kier alpha value is -1.79. The molecule has 0 saturated heterocycles. The summed E-state index contributed by atoms with van der Waals surface area (Å²) in [7, 11) is 0. The highest BCUT2D eigenvalue weighted by Gasteiger charge is 2.34. The van der Waals surface area contributed by atoms with E-state index in [1.807, 2.05) is 0 Å². The van der Waals surface area contributed by atoms with Gasteiger partial charge in [-0.05, 0) is 0 Å². The highest BCUT2D eigenvalue weighted by molar-refractivity contribution is 6.04. The van der Waals surface area contributed by atoms with E-state index in [4.69, 9.17) is 5.11 Å². The van der Waals surface area contributed by atoms with Gasteiger partial charge in [-0.15, -0.1) is 0 Å². The molecule has 0 aliphatic heterocycles. The number of aliphatic hydroxyl groups is 1. The Morgan fingerprint density at radius 3 is 2.64 bits per heavy atom. The number of hydrogen-bond acceptors (Lipinski definition) is 3. The molecule has 0 aliphatic rings. The number of aliphatic hydroxyl groups excluding tert-OH is 1. The van der Waals surface area contributed by atoms with Gasteiger partial charge >= 0.3 is 6.18 Å². The Labute approximate surface area is 76.1 Å². The molecule has 0 aromatic carbocycles. The van der Waals surface area contributed by atoms with Gasteiger partial charge in [0.05, 0.1) is 11.8 Å². The second-order valence-electron chi connectivity index (χ2n) is 2.38. The van der Waals surface area contributed by atoms with E-state index in [9.17, 15) is 18.0 Å². The van der Waals surface area contributed by atoms with Crippen molar-refractivity contribution in [3.63, 3.8) is 0 Å². The van der Waals surface area contributed by atoms with E-state index in [0.29, 0.717) is 0 Å². The highest BCUT2D eigenvalue weighted by Crippen LogP contribution is 2.23. The molecule has 0 spiro atoms. The van der Waals surface area contributed by atoms with Crippen molar-refractivity contribution >= 4 is 5.78 Å². The Kier molecular flexibility index (Phi) is 2.59. The number of nitrogens with zero attached hydrogens (tertiary/aromatic N) is 1. The number of carbonyl (C=O) groups is 1. The van der Waals surface area contributed by atoms with Crippen molar-refractivity contribution < 1.29 is 23.1 Å². The number of carbonyl (C=O) groups excluding carboxylic acids is 1. The zero-order valence-electron chi connectivity index (χ0n) is 6.67. The molecule has 0 atom stereocenters. The van der Waals surface area contributed by atoms with Gasteiger partial charge in [0.2, 0.25) is 5.76 Å². The quantitative estimate of drug-likeness (QED) is 0.438. The van der Waals surface area contributed by atoms with Crippen molar-refractivity contribution in [2.45, 2.75) is 6.18 Å². The summed E-state index contributed by atoms with van der Waals surface area (Å²) in [5.74, 6) is -2.89. The van der Waals surface area contributed by atoms with Crippen LogP contribution in [0.15, 0.2) is 24.2 Å². The predicted octanol–water partition coefficient (Wildman–Crippen LogP) is 1.60. The summed E-state index contributed by atoms with van der Waals surface area (Å²) in [5, 5.41) is 14.1. The minimum absolute atomic E-state index is 0.0548. The zero-order valence-corrected chi connectivity index (χ0v) is 6.67. The van der Waals surface area contributed by atoms with Crippen LogP contribution in [-0.2, 0) is 0 Å². The maximum absolute atomic E-state index is 11.8. The lowest BCUT2D eigenvalue weighted by Gasteiger charge is -2.02. The zero-order chi connectivity index (χ0) is 10.8. The van der Waals surface area contributed by atoms with Gasteiger partial charge in [-0.2, -0.15) is 18.3 Å². The lowest BCUT2D eigenvalue weighted by Crippen LogP contribution is -2.12. The minimum atomic E-state index is -4.90. The van der Waals surface area contributed by atoms with Crippen molar-refractivity contribution in [2.75, 3.05) is 0 Å². The van der Waals surface area contributed by atoms with Crippen LogP contribution in [0.3, 0.4) is 0 Å². The number of hydrogen-bond donors (Lipinski definition) is 2. The van der Waals surface area contributed by atoms with Gasteiger partial charge in [0.15, 0.2) is 5.78 Å². The van der Waals surface area contributed by atoms with Crippen LogP contribution in [0.25, 0.3) is 0 Å². The second kappa shape index (κ2) is 3.52. The van der Waals surface area contributed by atoms with E-state index in [0.717, 1.165) is 12.4 Å². The number of alkyl halides is 3. The monoisotopic (exact) mass is 206 g/mol. The molecule has 0 radical (unpaired) electrons. The Balaban J connectivity index is 2.84. The standard InChI is InChI=1S/C7H5F3N2O2/c8-7(9,10)6(14)1-5(13)4-2-11-12-3-4/h1-3,14H,(H,11,12)/b6-1-. The number of nitrogens with one attached hydrogen (secondary N) is 1. The lowest BCUT2D eigenvalue weighted by molar-refractivity contribution is -0.120. The fraction of sp³-hybridized carbons (Fsp3) is 0.143. The largest absolute Gasteiger partial charge is 0.504 e. The number of halogens is 3. The van der Waals surface area contributed by atoms with Crippen LogP contribution >= 0.6 is 0 Å². The third kappa shape index (κ3) is 2.35. The maximum atomic E-state index is 11.8. The summed E-state index contributed by atoms with van der Waals surface area (Å²) in [4.78, 5) is 11.0. The first-order valence-corrected chi connectivity index (χ1v) is 3.42. The molecule has 76 valence electrons. The minimum Gasteiger partial charge on any atom is -0.504 e. The Bertz CT molecular complexity index is 354. The highest BCUT2D eigenvalue weighted by atomic mass is 19.4. The Morgan fingerprint density at radius 2 is 2.21 bits per heavy atom. The molecule has 0 aliphatic carbocycles. The van der Waals surface area contributed by atoms with Crippen molar-refractivity contribution in [3.05, 3.63) is 29.8 Å². The van der Waals surface area contributed by atoms with Crippen molar-refractivity contribution in [2.24, 2.45) is 0 Å². The van der Waals surface area contributed by atoms with Crippen molar-refractivity contribution in [3.8, 4) is 0 Å². The number of ketones is 1. The third-order valence-corrected chi connectivity index (χ3v) is 1.34. The van der Waals surface area contributed by atoms with Crippen LogP contribution in [0.5, 0.6) is 0 Å². The van der Waals surface area contributed by atoms with Crippen molar-refractivity contribution in [1.82, 2.24) is 10.2 Å². The average molecular weight is 206 g/mol. The maximum Gasteiger partial charge on any atom is 0.448 e. The SMILES string of the molecule is O=C(/C=C(\O)C(F)(F)F)c1cn[nH]c1. The number of aromatic amines is 1. The van der Waals surface area contributed by atoms with Gasteiger partial charge in [0.25, 0.3) is 0 Å². The summed E-state index contributed by atoms with van der Waals surface area (Å²) < 4.78 is 35.3. The molecule has 0 bridgehead atoms. The summed E-state index contributed by atoms with van der Waals surface area (Å²) in [6, 6.07) is 0. The summed E-state index contributed by atoms with van der Waals surface area (Å²) >= 11 is 0. The molecule has 7 heteroatoms. The van der Waals surface area contributed by atoms with Gasteiger partial charge in [-0.3, -0.25) is 9.89 Å². The van der Waals surface area contributed by atoms with Crippen LogP contribution in [0.1, 0.15) is 10.4 Å². The van der Waals surface area contributed by atoms with Crippen LogP contribution in [0.4, 0.5) is 13.2 Å². The van der Waals surface area contributed by atoms with Crippen LogP contribution in [0, 0.1) is 0 Å². The van der Waals surface area contributed by atoms with Crippen LogP contribution in [0.2, 0.25) is 0 Å². The summed E-state index contributed by atoms with van der Waals surface area (Å²) in [6.07, 6.45) is -2.62. The average Bonchev–Trinajstić information content (AvgIpc) is 2.53. The number of allylic oxidation sites excluding steroid dienone is 2. The molecule has 4 nitrogen and oxygen atoms in total. The lowest BCUT2D eigenvalue weighted by atomic mass is 10.2. The van der Waals surface area contributed by atoms with E-state index >= 15 is 0 Å². The fourth-order valence-electron chi connectivity index (χ4n) is 0.675. The summed E-state index contributed by atoms with van der Waals surface area (Å²) in [5.41, 5.74) is -0.0548. The van der Waals surface area contributed by atoms with Crippen molar-refractivity contribution in [1.29, 1.82) is 0 Å². The molecule has 1 aromatic heterocycles. The van der Waals surface area contributed by atoms with E-state index in [1.165, 1.54) is 0 Å². The molecule has 0 fully saturated rings. The van der Waals surface area contributed by atoms with Crippen LogP contribution < -0.4 is 0 Å². The first-order valence-electron chi connectivity index (χ1n) is 3.42. The number of H-pyrrole nitrogens is 1. The first-order chi connectivity index (χ1) is 6.41. The molecule has 2 N–H and O–H groups in total. The van der Waals surface area contributed by atoms with Gasteiger partial charge in [-0.25, -0.2) is 0 Å². The smallest absolute Gasteiger partial charge is 0.448 e. The normalized spacial score (nSPS) is 12.9. The van der Waals surface area contributed by atoms with E-state index < -0.39 is 17.7 Å². The number of rotatable bonds is 2. The molecular weight excluding hydrogens is 201 g/mol. The Morgan fingerprint density at radius 1 is 1.57 bits per heavy atom. The molecular formula is C7H5F3N2O2. The van der Waals surface area contributed by atoms with Gasteiger partial charge < -0.3 is 5.11 Å². The molecule has 0 unspecified atom stereocenters.